The Bertz CT molecular complexity index is 535. The number of nitrogens with one attached hydrogen (secondary N) is 2. The van der Waals surface area contributed by atoms with Crippen LogP contribution in [0.2, 0.25) is 0 Å². The van der Waals surface area contributed by atoms with Crippen molar-refractivity contribution in [1.82, 2.24) is 10.6 Å². The van der Waals surface area contributed by atoms with Crippen molar-refractivity contribution in [3.05, 3.63) is 35.6 Å². The van der Waals surface area contributed by atoms with Crippen LogP contribution in [0.5, 0.6) is 0 Å². The monoisotopic (exact) mass is 330 g/mol. The molecule has 24 heavy (non-hydrogen) atoms. The van der Waals surface area contributed by atoms with Crippen molar-refractivity contribution < 1.29 is 4.39 Å². The van der Waals surface area contributed by atoms with Gasteiger partial charge in [0.25, 0.3) is 0 Å². The SMILES string of the molecule is CC(NCCNCc1ccccc1F)C12CC3CC(CC(C3)C1)C2. The van der Waals surface area contributed by atoms with Gasteiger partial charge in [-0.25, -0.2) is 4.39 Å². The van der Waals surface area contributed by atoms with Crippen LogP contribution in [0.15, 0.2) is 24.3 Å². The van der Waals surface area contributed by atoms with Crippen LogP contribution >= 0.6 is 0 Å². The molecule has 0 saturated heterocycles. The van der Waals surface area contributed by atoms with Crippen LogP contribution < -0.4 is 10.6 Å². The predicted octanol–water partition coefficient (Wildman–Crippen LogP) is 4.11. The molecule has 4 aliphatic carbocycles. The topological polar surface area (TPSA) is 24.1 Å². The highest BCUT2D eigenvalue weighted by molar-refractivity contribution is 5.16. The predicted molar refractivity (Wildman–Crippen MR) is 96.2 cm³/mol. The molecule has 0 spiro atoms. The zero-order chi connectivity index (χ0) is 16.6. The average Bonchev–Trinajstić information content (AvgIpc) is 2.54. The molecule has 0 aliphatic heterocycles. The van der Waals surface area contributed by atoms with E-state index < -0.39 is 0 Å². The minimum Gasteiger partial charge on any atom is -0.312 e. The van der Waals surface area contributed by atoms with E-state index in [2.05, 4.69) is 17.6 Å². The van der Waals surface area contributed by atoms with E-state index in [0.717, 1.165) is 36.4 Å². The van der Waals surface area contributed by atoms with Gasteiger partial charge in [0, 0.05) is 31.2 Å². The van der Waals surface area contributed by atoms with Crippen molar-refractivity contribution in [3.8, 4) is 0 Å². The Labute approximate surface area is 145 Å². The fourth-order valence-corrected chi connectivity index (χ4v) is 6.17. The van der Waals surface area contributed by atoms with Crippen LogP contribution in [0, 0.1) is 29.0 Å². The third-order valence-corrected chi connectivity index (χ3v) is 7.03. The maximum Gasteiger partial charge on any atom is 0.127 e. The molecule has 2 nitrogen and oxygen atoms in total. The summed E-state index contributed by atoms with van der Waals surface area (Å²) in [7, 11) is 0. The number of hydrogen-bond donors (Lipinski definition) is 2. The zero-order valence-electron chi connectivity index (χ0n) is 14.9. The van der Waals surface area contributed by atoms with Gasteiger partial charge in [-0.3, -0.25) is 0 Å². The highest BCUT2D eigenvalue weighted by Gasteiger charge is 2.52. The van der Waals surface area contributed by atoms with Crippen LogP contribution in [-0.2, 0) is 6.54 Å². The Balaban J connectivity index is 1.23. The molecule has 132 valence electrons. The lowest BCUT2D eigenvalue weighted by atomic mass is 9.48. The summed E-state index contributed by atoms with van der Waals surface area (Å²) in [5, 5.41) is 7.15. The molecular formula is C21H31FN2. The van der Waals surface area contributed by atoms with Gasteiger partial charge in [0.1, 0.15) is 5.82 Å². The van der Waals surface area contributed by atoms with E-state index in [-0.39, 0.29) is 5.82 Å². The van der Waals surface area contributed by atoms with Gasteiger partial charge in [-0.05, 0) is 74.7 Å². The Hall–Kier alpha value is -0.930. The van der Waals surface area contributed by atoms with Crippen molar-refractivity contribution in [2.75, 3.05) is 13.1 Å². The Morgan fingerprint density at radius 3 is 2.29 bits per heavy atom. The third kappa shape index (κ3) is 3.25. The van der Waals surface area contributed by atoms with Gasteiger partial charge in [-0.1, -0.05) is 18.2 Å². The summed E-state index contributed by atoms with van der Waals surface area (Å²) in [5.74, 6) is 2.93. The highest BCUT2D eigenvalue weighted by Crippen LogP contribution is 2.61. The van der Waals surface area contributed by atoms with Crippen LogP contribution in [0.4, 0.5) is 4.39 Å². The molecule has 3 heteroatoms. The third-order valence-electron chi connectivity index (χ3n) is 7.03. The average molecular weight is 330 g/mol. The molecule has 2 N–H and O–H groups in total. The summed E-state index contributed by atoms with van der Waals surface area (Å²) < 4.78 is 13.6. The van der Waals surface area contributed by atoms with E-state index in [1.54, 1.807) is 6.07 Å². The smallest absolute Gasteiger partial charge is 0.127 e. The molecule has 5 rings (SSSR count). The lowest BCUT2D eigenvalue weighted by Crippen LogP contribution is -2.55. The molecule has 4 aliphatic rings. The second-order valence-electron chi connectivity index (χ2n) is 8.72. The Morgan fingerprint density at radius 1 is 1.04 bits per heavy atom. The molecule has 4 fully saturated rings. The second-order valence-corrected chi connectivity index (χ2v) is 8.72. The normalized spacial score (nSPS) is 35.3. The molecule has 1 atom stereocenters. The van der Waals surface area contributed by atoms with E-state index in [0.29, 0.717) is 18.0 Å². The van der Waals surface area contributed by atoms with Gasteiger partial charge >= 0.3 is 0 Å². The summed E-state index contributed by atoms with van der Waals surface area (Å²) in [5.41, 5.74) is 1.33. The van der Waals surface area contributed by atoms with Crippen LogP contribution in [0.1, 0.15) is 51.0 Å². The van der Waals surface area contributed by atoms with E-state index in [4.69, 9.17) is 0 Å². The van der Waals surface area contributed by atoms with Crippen molar-refractivity contribution in [2.45, 2.75) is 58.0 Å². The first kappa shape index (κ1) is 16.5. The van der Waals surface area contributed by atoms with Crippen molar-refractivity contribution in [1.29, 1.82) is 0 Å². The first-order chi connectivity index (χ1) is 11.6. The van der Waals surface area contributed by atoms with Gasteiger partial charge in [-0.2, -0.15) is 0 Å². The van der Waals surface area contributed by atoms with Gasteiger partial charge in [0.15, 0.2) is 0 Å². The summed E-state index contributed by atoms with van der Waals surface area (Å²) in [6.07, 6.45) is 8.89. The largest absolute Gasteiger partial charge is 0.312 e. The molecule has 0 heterocycles. The van der Waals surface area contributed by atoms with Crippen molar-refractivity contribution in [2.24, 2.45) is 23.2 Å². The highest BCUT2D eigenvalue weighted by atomic mass is 19.1. The fourth-order valence-electron chi connectivity index (χ4n) is 6.17. The summed E-state index contributed by atoms with van der Waals surface area (Å²) in [6.45, 7) is 4.88. The van der Waals surface area contributed by atoms with E-state index >= 15 is 0 Å². The van der Waals surface area contributed by atoms with Crippen molar-refractivity contribution in [3.63, 3.8) is 0 Å². The van der Waals surface area contributed by atoms with Gasteiger partial charge in [0.05, 0.1) is 0 Å². The Morgan fingerprint density at radius 2 is 1.67 bits per heavy atom. The number of benzene rings is 1. The van der Waals surface area contributed by atoms with Crippen molar-refractivity contribution >= 4 is 0 Å². The Kier molecular flexibility index (Phi) is 4.66. The lowest BCUT2D eigenvalue weighted by Gasteiger charge is -2.59. The summed E-state index contributed by atoms with van der Waals surface area (Å²) in [6, 6.07) is 7.64. The standard InChI is InChI=1S/C21H31FN2/c1-15(21-11-16-8-17(12-21)10-18(9-16)13-21)24-7-6-23-14-19-4-2-3-5-20(19)22/h2-5,15-18,23-24H,6-14H2,1H3. The second kappa shape index (κ2) is 6.76. The van der Waals surface area contributed by atoms with E-state index in [1.807, 2.05) is 12.1 Å². The quantitative estimate of drug-likeness (QED) is 0.735. The molecule has 1 aromatic rings. The zero-order valence-corrected chi connectivity index (χ0v) is 14.9. The minimum absolute atomic E-state index is 0.111. The molecule has 0 amide bonds. The molecule has 0 radical (unpaired) electrons. The lowest BCUT2D eigenvalue weighted by molar-refractivity contribution is -0.0702. The first-order valence-electron chi connectivity index (χ1n) is 9.82. The molecule has 4 bridgehead atoms. The minimum atomic E-state index is -0.111. The summed E-state index contributed by atoms with van der Waals surface area (Å²) >= 11 is 0. The molecular weight excluding hydrogens is 299 g/mol. The van der Waals surface area contributed by atoms with Gasteiger partial charge in [-0.15, -0.1) is 0 Å². The molecule has 1 aromatic carbocycles. The van der Waals surface area contributed by atoms with Crippen LogP contribution in [-0.4, -0.2) is 19.1 Å². The van der Waals surface area contributed by atoms with Crippen LogP contribution in [0.3, 0.4) is 0 Å². The van der Waals surface area contributed by atoms with Gasteiger partial charge < -0.3 is 10.6 Å². The van der Waals surface area contributed by atoms with E-state index in [9.17, 15) is 4.39 Å². The molecule has 4 saturated carbocycles. The fraction of sp³-hybridized carbons (Fsp3) is 0.714. The maximum absolute atomic E-state index is 13.6. The summed E-state index contributed by atoms with van der Waals surface area (Å²) in [4.78, 5) is 0. The molecule has 0 aromatic heterocycles. The van der Waals surface area contributed by atoms with Gasteiger partial charge in [0.2, 0.25) is 0 Å². The van der Waals surface area contributed by atoms with E-state index in [1.165, 1.54) is 44.6 Å². The molecule has 1 unspecified atom stereocenters. The number of halogens is 1. The maximum atomic E-state index is 13.6. The first-order valence-corrected chi connectivity index (χ1v) is 9.82. The number of hydrogen-bond acceptors (Lipinski definition) is 2. The number of rotatable bonds is 7. The van der Waals surface area contributed by atoms with Crippen LogP contribution in [0.25, 0.3) is 0 Å².